The smallest absolute Gasteiger partial charge is 0.273 e. The summed E-state index contributed by atoms with van der Waals surface area (Å²) in [4.78, 5) is 12.4. The molecule has 1 aromatic carbocycles. The van der Waals surface area contributed by atoms with Crippen molar-refractivity contribution >= 4 is 27.3 Å². The van der Waals surface area contributed by atoms with E-state index >= 15 is 0 Å². The Kier molecular flexibility index (Phi) is 6.32. The van der Waals surface area contributed by atoms with E-state index in [-0.39, 0.29) is 23.6 Å². The number of nitrogens with one attached hydrogen (secondary N) is 1. The molecule has 23 heavy (non-hydrogen) atoms. The lowest BCUT2D eigenvalue weighted by Crippen LogP contribution is -2.45. The molecule has 1 N–H and O–H groups in total. The number of hydrogen-bond donors (Lipinski definition) is 1. The monoisotopic (exact) mass is 389 g/mol. The summed E-state index contributed by atoms with van der Waals surface area (Å²) in [5.41, 5.74) is -0.00414. The van der Waals surface area contributed by atoms with E-state index < -0.39 is 10.7 Å². The van der Waals surface area contributed by atoms with Crippen molar-refractivity contribution in [3.63, 3.8) is 0 Å². The molecule has 8 heteroatoms. The highest BCUT2D eigenvalue weighted by Gasteiger charge is 2.21. The van der Waals surface area contributed by atoms with Crippen LogP contribution in [-0.4, -0.2) is 48.2 Å². The number of halogens is 2. The second-order valence-corrected chi connectivity index (χ2v) is 6.69. The van der Waals surface area contributed by atoms with Crippen LogP contribution >= 0.6 is 15.9 Å². The molecular formula is C15H21BrFN3O3. The Balaban J connectivity index is 1.83. The molecule has 1 fully saturated rings. The Morgan fingerprint density at radius 1 is 1.43 bits per heavy atom. The number of nitrogens with zero attached hydrogens (tertiary/aromatic N) is 2. The topological polar surface area (TPSA) is 67.6 Å². The minimum atomic E-state index is -0.625. The third kappa shape index (κ3) is 5.12. The first-order valence-electron chi connectivity index (χ1n) is 7.62. The first-order valence-corrected chi connectivity index (χ1v) is 8.41. The van der Waals surface area contributed by atoms with Crippen LogP contribution in [0, 0.1) is 15.9 Å². The van der Waals surface area contributed by atoms with Gasteiger partial charge in [-0.2, -0.15) is 0 Å². The number of non-ortho nitro benzene ring substituents is 1. The second-order valence-electron chi connectivity index (χ2n) is 5.84. The molecule has 0 amide bonds. The van der Waals surface area contributed by atoms with Crippen LogP contribution in [0.25, 0.3) is 0 Å². The lowest BCUT2D eigenvalue weighted by atomic mass is 10.2. The Morgan fingerprint density at radius 2 is 2.09 bits per heavy atom. The number of hydrogen-bond acceptors (Lipinski definition) is 5. The zero-order valence-corrected chi connectivity index (χ0v) is 14.8. The van der Waals surface area contributed by atoms with Crippen molar-refractivity contribution in [2.24, 2.45) is 0 Å². The van der Waals surface area contributed by atoms with Gasteiger partial charge in [-0.05, 0) is 36.2 Å². The SMILES string of the molecule is CC1CN(CCCNc2c(F)cc([N+](=O)[O-])cc2Br)CC(C)O1. The Morgan fingerprint density at radius 3 is 2.65 bits per heavy atom. The van der Waals surface area contributed by atoms with E-state index in [2.05, 4.69) is 40.0 Å². The van der Waals surface area contributed by atoms with E-state index in [1.807, 2.05) is 0 Å². The molecule has 0 saturated carbocycles. The fourth-order valence-electron chi connectivity index (χ4n) is 2.82. The molecule has 1 aliphatic heterocycles. The summed E-state index contributed by atoms with van der Waals surface area (Å²) in [6.07, 6.45) is 1.31. The van der Waals surface area contributed by atoms with E-state index in [4.69, 9.17) is 4.74 Å². The van der Waals surface area contributed by atoms with Crippen LogP contribution in [0.2, 0.25) is 0 Å². The standard InChI is InChI=1S/C15H21BrFN3O3/c1-10-8-19(9-11(2)23-10)5-3-4-18-15-13(16)6-12(20(21)22)7-14(15)17/h6-7,10-11,18H,3-5,8-9H2,1-2H3. The Hall–Kier alpha value is -1.25. The number of nitro benzene ring substituents is 1. The quantitative estimate of drug-likeness (QED) is 0.458. The summed E-state index contributed by atoms with van der Waals surface area (Å²) in [6.45, 7) is 7.42. The minimum Gasteiger partial charge on any atom is -0.382 e. The maximum atomic E-state index is 13.9. The molecule has 2 rings (SSSR count). The number of anilines is 1. The van der Waals surface area contributed by atoms with Gasteiger partial charge in [-0.25, -0.2) is 4.39 Å². The van der Waals surface area contributed by atoms with Gasteiger partial charge in [0.05, 0.1) is 33.4 Å². The van der Waals surface area contributed by atoms with E-state index in [1.54, 1.807) is 0 Å². The van der Waals surface area contributed by atoms with Crippen LogP contribution < -0.4 is 5.32 Å². The van der Waals surface area contributed by atoms with Gasteiger partial charge in [0.25, 0.3) is 5.69 Å². The van der Waals surface area contributed by atoms with Crippen LogP contribution in [0.5, 0.6) is 0 Å². The molecule has 0 spiro atoms. The van der Waals surface area contributed by atoms with Crippen LogP contribution in [0.4, 0.5) is 15.8 Å². The van der Waals surface area contributed by atoms with Gasteiger partial charge in [-0.3, -0.25) is 15.0 Å². The normalized spacial score (nSPS) is 22.1. The third-order valence-corrected chi connectivity index (χ3v) is 4.31. The van der Waals surface area contributed by atoms with Crippen LogP contribution in [0.15, 0.2) is 16.6 Å². The van der Waals surface area contributed by atoms with E-state index in [0.717, 1.165) is 32.1 Å². The molecule has 6 nitrogen and oxygen atoms in total. The predicted octanol–water partition coefficient (Wildman–Crippen LogP) is 3.41. The van der Waals surface area contributed by atoms with Crippen molar-refractivity contribution in [2.75, 3.05) is 31.5 Å². The molecule has 2 atom stereocenters. The van der Waals surface area contributed by atoms with Crippen molar-refractivity contribution in [1.82, 2.24) is 4.90 Å². The first kappa shape index (κ1) is 18.1. The lowest BCUT2D eigenvalue weighted by molar-refractivity contribution is -0.385. The number of benzene rings is 1. The fourth-order valence-corrected chi connectivity index (χ4v) is 3.38. The maximum absolute atomic E-state index is 13.9. The summed E-state index contributed by atoms with van der Waals surface area (Å²) < 4.78 is 20.0. The van der Waals surface area contributed by atoms with Crippen LogP contribution in [0.1, 0.15) is 20.3 Å². The van der Waals surface area contributed by atoms with Crippen LogP contribution in [0.3, 0.4) is 0 Å². The van der Waals surface area contributed by atoms with Crippen molar-refractivity contribution in [3.8, 4) is 0 Å². The van der Waals surface area contributed by atoms with Crippen molar-refractivity contribution in [3.05, 3.63) is 32.5 Å². The average molecular weight is 390 g/mol. The Bertz CT molecular complexity index is 540. The second kappa shape index (κ2) is 8.03. The highest BCUT2D eigenvalue weighted by molar-refractivity contribution is 9.10. The van der Waals surface area contributed by atoms with Gasteiger partial charge < -0.3 is 10.1 Å². The molecule has 0 radical (unpaired) electrons. The molecule has 1 aromatic rings. The van der Waals surface area contributed by atoms with Gasteiger partial charge in [-0.15, -0.1) is 0 Å². The molecule has 0 bridgehead atoms. The van der Waals surface area contributed by atoms with Crippen molar-refractivity contribution in [1.29, 1.82) is 0 Å². The summed E-state index contributed by atoms with van der Waals surface area (Å²) in [5, 5.41) is 13.7. The molecule has 1 saturated heterocycles. The Labute approximate surface area is 143 Å². The van der Waals surface area contributed by atoms with Gasteiger partial charge in [0.2, 0.25) is 0 Å². The average Bonchev–Trinajstić information content (AvgIpc) is 2.44. The summed E-state index contributed by atoms with van der Waals surface area (Å²) in [6, 6.07) is 2.23. The largest absolute Gasteiger partial charge is 0.382 e. The number of morpholine rings is 1. The zero-order chi connectivity index (χ0) is 17.0. The van der Waals surface area contributed by atoms with E-state index in [9.17, 15) is 14.5 Å². The van der Waals surface area contributed by atoms with Gasteiger partial charge in [0.15, 0.2) is 5.82 Å². The highest BCUT2D eigenvalue weighted by Crippen LogP contribution is 2.30. The molecule has 0 aliphatic carbocycles. The van der Waals surface area contributed by atoms with Gasteiger partial charge in [0, 0.05) is 32.2 Å². The van der Waals surface area contributed by atoms with Gasteiger partial charge in [-0.1, -0.05) is 0 Å². The van der Waals surface area contributed by atoms with Crippen molar-refractivity contribution in [2.45, 2.75) is 32.5 Å². The molecule has 1 heterocycles. The minimum absolute atomic E-state index is 0.230. The van der Waals surface area contributed by atoms with E-state index in [1.165, 1.54) is 6.07 Å². The summed E-state index contributed by atoms with van der Waals surface area (Å²) >= 11 is 3.18. The molecule has 1 aliphatic rings. The first-order chi connectivity index (χ1) is 10.9. The third-order valence-electron chi connectivity index (χ3n) is 3.69. The lowest BCUT2D eigenvalue weighted by Gasteiger charge is -2.35. The van der Waals surface area contributed by atoms with Gasteiger partial charge >= 0.3 is 0 Å². The zero-order valence-electron chi connectivity index (χ0n) is 13.2. The summed E-state index contributed by atoms with van der Waals surface area (Å²) in [5.74, 6) is -0.625. The van der Waals surface area contributed by atoms with E-state index in [0.29, 0.717) is 11.0 Å². The molecule has 2 unspecified atom stereocenters. The number of nitro groups is 1. The van der Waals surface area contributed by atoms with Crippen molar-refractivity contribution < 1.29 is 14.1 Å². The van der Waals surface area contributed by atoms with Gasteiger partial charge in [0.1, 0.15) is 0 Å². The number of ether oxygens (including phenoxy) is 1. The van der Waals surface area contributed by atoms with Crippen LogP contribution in [-0.2, 0) is 4.74 Å². The fraction of sp³-hybridized carbons (Fsp3) is 0.600. The highest BCUT2D eigenvalue weighted by atomic mass is 79.9. The maximum Gasteiger partial charge on any atom is 0.273 e. The molecular weight excluding hydrogens is 369 g/mol. The predicted molar refractivity (Wildman–Crippen MR) is 90.3 cm³/mol. The molecule has 0 aromatic heterocycles. The molecule has 128 valence electrons. The summed E-state index contributed by atoms with van der Waals surface area (Å²) in [7, 11) is 0. The number of rotatable bonds is 6.